The van der Waals surface area contributed by atoms with Gasteiger partial charge in [-0.1, -0.05) is 26.3 Å². The van der Waals surface area contributed by atoms with Gasteiger partial charge in [0.2, 0.25) is 5.91 Å². The van der Waals surface area contributed by atoms with E-state index >= 15 is 0 Å². The Balaban J connectivity index is 2.66. The molecule has 0 saturated heterocycles. The van der Waals surface area contributed by atoms with Crippen molar-refractivity contribution < 1.29 is 4.79 Å². The van der Waals surface area contributed by atoms with Crippen LogP contribution in [-0.4, -0.2) is 29.9 Å². The van der Waals surface area contributed by atoms with E-state index in [0.717, 1.165) is 25.9 Å². The number of unbranched alkanes of at least 4 members (excludes halogenated alkanes) is 1. The fourth-order valence-electron chi connectivity index (χ4n) is 2.07. The van der Waals surface area contributed by atoms with Crippen molar-refractivity contribution in [3.8, 4) is 6.07 Å². The number of hydrogen-bond acceptors (Lipinski definition) is 3. The Morgan fingerprint density at radius 3 is 2.80 bits per heavy atom. The number of rotatable bonds is 7. The van der Waals surface area contributed by atoms with Crippen molar-refractivity contribution in [3.05, 3.63) is 29.8 Å². The van der Waals surface area contributed by atoms with Gasteiger partial charge in [0.1, 0.15) is 0 Å². The molecule has 0 fully saturated rings. The van der Waals surface area contributed by atoms with E-state index in [9.17, 15) is 4.79 Å². The van der Waals surface area contributed by atoms with Crippen LogP contribution in [0.2, 0.25) is 0 Å². The molecule has 0 spiro atoms. The molecule has 0 radical (unpaired) electrons. The second kappa shape index (κ2) is 8.34. The van der Waals surface area contributed by atoms with Crippen molar-refractivity contribution in [1.29, 1.82) is 5.26 Å². The van der Waals surface area contributed by atoms with Crippen molar-refractivity contribution in [3.63, 3.8) is 0 Å². The largest absolute Gasteiger partial charge is 0.325 e. The quantitative estimate of drug-likeness (QED) is 0.831. The maximum Gasteiger partial charge on any atom is 0.241 e. The lowest BCUT2D eigenvalue weighted by molar-refractivity contribution is -0.120. The van der Waals surface area contributed by atoms with Crippen LogP contribution in [0.15, 0.2) is 24.3 Å². The summed E-state index contributed by atoms with van der Waals surface area (Å²) in [5.41, 5.74) is 1.22. The third kappa shape index (κ3) is 4.67. The Labute approximate surface area is 121 Å². The minimum atomic E-state index is -0.169. The van der Waals surface area contributed by atoms with E-state index in [1.54, 1.807) is 24.3 Å². The number of carbonyl (C=O) groups is 1. The topological polar surface area (TPSA) is 56.1 Å². The fourth-order valence-corrected chi connectivity index (χ4v) is 2.07. The summed E-state index contributed by atoms with van der Waals surface area (Å²) < 4.78 is 0. The maximum absolute atomic E-state index is 12.2. The first-order valence-corrected chi connectivity index (χ1v) is 7.17. The number of nitriles is 1. The number of amides is 1. The molecular weight excluding hydrogens is 250 g/mol. The summed E-state index contributed by atoms with van der Waals surface area (Å²) in [6.45, 7) is 7.91. The van der Waals surface area contributed by atoms with Crippen molar-refractivity contribution in [1.82, 2.24) is 4.90 Å². The SMILES string of the molecule is CCCCN(CC)C(C)C(=O)Nc1cccc(C#N)c1. The van der Waals surface area contributed by atoms with Gasteiger partial charge in [-0.3, -0.25) is 9.69 Å². The first-order chi connectivity index (χ1) is 9.62. The number of carbonyl (C=O) groups excluding carboxylic acids is 1. The Morgan fingerprint density at radius 2 is 2.20 bits per heavy atom. The number of likely N-dealkylation sites (N-methyl/N-ethyl adjacent to an activating group) is 1. The van der Waals surface area contributed by atoms with Crippen molar-refractivity contribution in [2.75, 3.05) is 18.4 Å². The standard InChI is InChI=1S/C16H23N3O/c1-4-6-10-19(5-2)13(3)16(20)18-15-9-7-8-14(11-15)12-17/h7-9,11,13H,4-6,10H2,1-3H3,(H,18,20). The average Bonchev–Trinajstić information content (AvgIpc) is 2.47. The maximum atomic E-state index is 12.2. The van der Waals surface area contributed by atoms with Gasteiger partial charge in [0.05, 0.1) is 17.7 Å². The van der Waals surface area contributed by atoms with Crippen LogP contribution in [0.4, 0.5) is 5.69 Å². The molecule has 0 bridgehead atoms. The molecule has 108 valence electrons. The highest BCUT2D eigenvalue weighted by Crippen LogP contribution is 2.11. The summed E-state index contributed by atoms with van der Waals surface area (Å²) in [6, 6.07) is 8.88. The smallest absolute Gasteiger partial charge is 0.241 e. The lowest BCUT2D eigenvalue weighted by atomic mass is 10.2. The van der Waals surface area contributed by atoms with Gasteiger partial charge in [0.25, 0.3) is 0 Å². The van der Waals surface area contributed by atoms with E-state index < -0.39 is 0 Å². The molecule has 1 atom stereocenters. The van der Waals surface area contributed by atoms with E-state index in [1.165, 1.54) is 0 Å². The van der Waals surface area contributed by atoms with Crippen molar-refractivity contribution in [2.24, 2.45) is 0 Å². The monoisotopic (exact) mass is 273 g/mol. The van der Waals surface area contributed by atoms with Crippen LogP contribution in [0.5, 0.6) is 0 Å². The molecule has 1 unspecified atom stereocenters. The van der Waals surface area contributed by atoms with Gasteiger partial charge in [-0.2, -0.15) is 5.26 Å². The molecule has 4 heteroatoms. The van der Waals surface area contributed by atoms with Gasteiger partial charge in [0.15, 0.2) is 0 Å². The summed E-state index contributed by atoms with van der Waals surface area (Å²) in [5.74, 6) is -0.0296. The van der Waals surface area contributed by atoms with Gasteiger partial charge in [-0.15, -0.1) is 0 Å². The van der Waals surface area contributed by atoms with Crippen molar-refractivity contribution >= 4 is 11.6 Å². The first-order valence-electron chi connectivity index (χ1n) is 7.17. The molecular formula is C16H23N3O. The number of nitrogens with zero attached hydrogens (tertiary/aromatic N) is 2. The van der Waals surface area contributed by atoms with E-state index in [4.69, 9.17) is 5.26 Å². The van der Waals surface area contributed by atoms with Crippen LogP contribution in [0.25, 0.3) is 0 Å². The Kier molecular flexibility index (Phi) is 6.75. The van der Waals surface area contributed by atoms with Gasteiger partial charge in [-0.05, 0) is 44.6 Å². The summed E-state index contributed by atoms with van der Waals surface area (Å²) >= 11 is 0. The lowest BCUT2D eigenvalue weighted by Crippen LogP contribution is -2.42. The van der Waals surface area contributed by atoms with Gasteiger partial charge in [-0.25, -0.2) is 0 Å². The van der Waals surface area contributed by atoms with E-state index in [1.807, 2.05) is 6.92 Å². The molecule has 20 heavy (non-hydrogen) atoms. The molecule has 4 nitrogen and oxygen atoms in total. The van der Waals surface area contributed by atoms with Crippen molar-refractivity contribution in [2.45, 2.75) is 39.7 Å². The molecule has 1 aromatic carbocycles. The molecule has 1 rings (SSSR count). The normalized spacial score (nSPS) is 11.9. The van der Waals surface area contributed by atoms with Gasteiger partial charge in [0, 0.05) is 5.69 Å². The molecule has 0 aliphatic carbocycles. The average molecular weight is 273 g/mol. The number of anilines is 1. The first kappa shape index (κ1) is 16.2. The summed E-state index contributed by atoms with van der Waals surface area (Å²) in [7, 11) is 0. The Hall–Kier alpha value is -1.86. The van der Waals surface area contributed by atoms with E-state index in [-0.39, 0.29) is 11.9 Å². The highest BCUT2D eigenvalue weighted by Gasteiger charge is 2.19. The van der Waals surface area contributed by atoms with E-state index in [0.29, 0.717) is 11.3 Å². The zero-order valence-electron chi connectivity index (χ0n) is 12.5. The molecule has 0 aliphatic heterocycles. The minimum Gasteiger partial charge on any atom is -0.325 e. The minimum absolute atomic E-state index is 0.0296. The molecule has 0 aliphatic rings. The van der Waals surface area contributed by atoms with E-state index in [2.05, 4.69) is 30.1 Å². The predicted molar refractivity (Wildman–Crippen MR) is 81.4 cm³/mol. The highest BCUT2D eigenvalue weighted by atomic mass is 16.2. The van der Waals surface area contributed by atoms with Crippen LogP contribution in [0, 0.1) is 11.3 Å². The summed E-state index contributed by atoms with van der Waals surface area (Å²) in [5, 5.41) is 11.7. The van der Waals surface area contributed by atoms with Crippen LogP contribution < -0.4 is 5.32 Å². The summed E-state index contributed by atoms with van der Waals surface area (Å²) in [6.07, 6.45) is 2.21. The van der Waals surface area contributed by atoms with Gasteiger partial charge >= 0.3 is 0 Å². The zero-order chi connectivity index (χ0) is 15.0. The highest BCUT2D eigenvalue weighted by molar-refractivity contribution is 5.94. The zero-order valence-corrected chi connectivity index (χ0v) is 12.5. The number of nitrogens with one attached hydrogen (secondary N) is 1. The van der Waals surface area contributed by atoms with Gasteiger partial charge < -0.3 is 5.32 Å². The predicted octanol–water partition coefficient (Wildman–Crippen LogP) is 3.01. The second-order valence-electron chi connectivity index (χ2n) is 4.84. The second-order valence-corrected chi connectivity index (χ2v) is 4.84. The molecule has 1 N–H and O–H groups in total. The number of hydrogen-bond donors (Lipinski definition) is 1. The molecule has 0 aromatic heterocycles. The molecule has 0 heterocycles. The Bertz CT molecular complexity index is 479. The third-order valence-corrected chi connectivity index (χ3v) is 3.39. The fraction of sp³-hybridized carbons (Fsp3) is 0.500. The van der Waals surface area contributed by atoms with Crippen LogP contribution in [-0.2, 0) is 4.79 Å². The van der Waals surface area contributed by atoms with Crippen LogP contribution >= 0.6 is 0 Å². The molecule has 0 saturated carbocycles. The molecule has 1 aromatic rings. The molecule has 1 amide bonds. The lowest BCUT2D eigenvalue weighted by Gasteiger charge is -2.26. The number of benzene rings is 1. The van der Waals surface area contributed by atoms with Crippen LogP contribution in [0.1, 0.15) is 39.2 Å². The summed E-state index contributed by atoms with van der Waals surface area (Å²) in [4.78, 5) is 14.4. The van der Waals surface area contributed by atoms with Crippen LogP contribution in [0.3, 0.4) is 0 Å². The Morgan fingerprint density at radius 1 is 1.45 bits per heavy atom. The third-order valence-electron chi connectivity index (χ3n) is 3.39.